The summed E-state index contributed by atoms with van der Waals surface area (Å²) < 4.78 is 0. The zero-order valence-corrected chi connectivity index (χ0v) is 9.60. The first-order valence-corrected chi connectivity index (χ1v) is 5.61. The van der Waals surface area contributed by atoms with Crippen LogP contribution in [0.1, 0.15) is 16.8 Å². The number of carbonyl (C=O) groups excluding carboxylic acids is 3. The predicted molar refractivity (Wildman–Crippen MR) is 63.9 cm³/mol. The van der Waals surface area contributed by atoms with Gasteiger partial charge in [0, 0.05) is 12.1 Å². The molecule has 3 N–H and O–H groups in total. The molecule has 0 bridgehead atoms. The topological polar surface area (TPSA) is 87.3 Å². The molecule has 1 heterocycles. The lowest BCUT2D eigenvalue weighted by molar-refractivity contribution is -0.120. The minimum Gasteiger partial charge on any atom is -0.352 e. The Morgan fingerprint density at radius 1 is 1.22 bits per heavy atom. The van der Waals surface area contributed by atoms with Gasteiger partial charge >= 0.3 is 6.03 Å². The number of hydrogen-bond acceptors (Lipinski definition) is 3. The van der Waals surface area contributed by atoms with Crippen LogP contribution in [0.5, 0.6) is 0 Å². The van der Waals surface area contributed by atoms with Gasteiger partial charge in [0.25, 0.3) is 11.8 Å². The Kier molecular flexibility index (Phi) is 3.57. The van der Waals surface area contributed by atoms with Crippen molar-refractivity contribution in [3.8, 4) is 0 Å². The number of hydrogen-bond donors (Lipinski definition) is 3. The Bertz CT molecular complexity index is 473. The van der Waals surface area contributed by atoms with Gasteiger partial charge in [0.15, 0.2) is 0 Å². The quantitative estimate of drug-likeness (QED) is 0.655. The summed E-state index contributed by atoms with van der Waals surface area (Å²) in [7, 11) is 0. The highest BCUT2D eigenvalue weighted by Gasteiger charge is 2.28. The van der Waals surface area contributed by atoms with Crippen LogP contribution in [0.25, 0.3) is 0 Å². The molecule has 1 atom stereocenters. The van der Waals surface area contributed by atoms with E-state index < -0.39 is 12.1 Å². The third-order valence-electron chi connectivity index (χ3n) is 2.61. The molecule has 94 valence electrons. The van der Waals surface area contributed by atoms with Gasteiger partial charge in [-0.05, 0) is 18.6 Å². The first-order chi connectivity index (χ1) is 8.66. The third kappa shape index (κ3) is 2.85. The van der Waals surface area contributed by atoms with Crippen molar-refractivity contribution >= 4 is 17.8 Å². The first-order valence-electron chi connectivity index (χ1n) is 5.61. The van der Waals surface area contributed by atoms with Crippen molar-refractivity contribution in [3.05, 3.63) is 35.9 Å². The summed E-state index contributed by atoms with van der Waals surface area (Å²) in [5.41, 5.74) is 0.567. The monoisotopic (exact) mass is 247 g/mol. The van der Waals surface area contributed by atoms with E-state index in [9.17, 15) is 14.4 Å². The first kappa shape index (κ1) is 12.1. The third-order valence-corrected chi connectivity index (χ3v) is 2.61. The Hall–Kier alpha value is -2.37. The molecule has 0 spiro atoms. The number of nitrogens with one attached hydrogen (secondary N) is 3. The zero-order chi connectivity index (χ0) is 13.0. The van der Waals surface area contributed by atoms with E-state index >= 15 is 0 Å². The van der Waals surface area contributed by atoms with E-state index in [1.165, 1.54) is 0 Å². The van der Waals surface area contributed by atoms with Crippen molar-refractivity contribution in [1.29, 1.82) is 0 Å². The van der Waals surface area contributed by atoms with Crippen molar-refractivity contribution < 1.29 is 14.4 Å². The largest absolute Gasteiger partial charge is 0.352 e. The standard InChI is InChI=1S/C12H13N3O3/c16-10(8-4-2-1-3-5-8)13-7-6-9-11(17)15-12(18)14-9/h1-5,9H,6-7H2,(H,13,16)(H2,14,15,17,18). The van der Waals surface area contributed by atoms with Gasteiger partial charge in [0.2, 0.25) is 0 Å². The molecule has 4 amide bonds. The van der Waals surface area contributed by atoms with Crippen molar-refractivity contribution in [2.45, 2.75) is 12.5 Å². The second kappa shape index (κ2) is 5.31. The molecule has 1 aromatic carbocycles. The molecule has 0 radical (unpaired) electrons. The van der Waals surface area contributed by atoms with Crippen LogP contribution in [0.15, 0.2) is 30.3 Å². The van der Waals surface area contributed by atoms with E-state index in [0.29, 0.717) is 18.5 Å². The molecule has 0 aromatic heterocycles. The second-order valence-electron chi connectivity index (χ2n) is 3.93. The zero-order valence-electron chi connectivity index (χ0n) is 9.60. The van der Waals surface area contributed by atoms with Crippen LogP contribution in [0.3, 0.4) is 0 Å². The summed E-state index contributed by atoms with van der Waals surface area (Å²) in [6.07, 6.45) is 0.371. The number of urea groups is 1. The van der Waals surface area contributed by atoms with Crippen LogP contribution in [-0.2, 0) is 4.79 Å². The fraction of sp³-hybridized carbons (Fsp3) is 0.250. The molecule has 6 heteroatoms. The Balaban J connectivity index is 1.78. The molecule has 1 saturated heterocycles. The number of amides is 4. The van der Waals surface area contributed by atoms with Gasteiger partial charge in [-0.3, -0.25) is 14.9 Å². The van der Waals surface area contributed by atoms with Crippen molar-refractivity contribution in [3.63, 3.8) is 0 Å². The molecular weight excluding hydrogens is 234 g/mol. The van der Waals surface area contributed by atoms with Gasteiger partial charge in [-0.1, -0.05) is 18.2 Å². The maximum atomic E-state index is 11.7. The minimum atomic E-state index is -0.562. The molecule has 0 aliphatic carbocycles. The molecule has 1 aliphatic rings. The molecule has 0 saturated carbocycles. The lowest BCUT2D eigenvalue weighted by atomic mass is 10.2. The normalized spacial score (nSPS) is 18.1. The summed E-state index contributed by atoms with van der Waals surface area (Å²) in [6.45, 7) is 0.325. The molecule has 6 nitrogen and oxygen atoms in total. The number of rotatable bonds is 4. The van der Waals surface area contributed by atoms with Gasteiger partial charge in [0.05, 0.1) is 0 Å². The highest BCUT2D eigenvalue weighted by molar-refractivity contribution is 6.04. The fourth-order valence-corrected chi connectivity index (χ4v) is 1.68. The van der Waals surface area contributed by atoms with Gasteiger partial charge in [0.1, 0.15) is 6.04 Å². The lowest BCUT2D eigenvalue weighted by Gasteiger charge is -2.08. The average molecular weight is 247 g/mol. The van der Waals surface area contributed by atoms with Crippen LogP contribution < -0.4 is 16.0 Å². The summed E-state index contributed by atoms with van der Waals surface area (Å²) >= 11 is 0. The number of carbonyl (C=O) groups is 3. The van der Waals surface area contributed by atoms with Crippen LogP contribution in [-0.4, -0.2) is 30.4 Å². The van der Waals surface area contributed by atoms with Gasteiger partial charge < -0.3 is 10.6 Å². The van der Waals surface area contributed by atoms with Crippen molar-refractivity contribution in [1.82, 2.24) is 16.0 Å². The summed E-state index contributed by atoms with van der Waals surface area (Å²) in [6, 6.07) is 7.75. The highest BCUT2D eigenvalue weighted by Crippen LogP contribution is 2.00. The van der Waals surface area contributed by atoms with E-state index in [1.54, 1.807) is 24.3 Å². The molecule has 1 fully saturated rings. The van der Waals surface area contributed by atoms with Gasteiger partial charge in [-0.2, -0.15) is 0 Å². The smallest absolute Gasteiger partial charge is 0.322 e. The Labute approximate surface area is 104 Å². The fourth-order valence-electron chi connectivity index (χ4n) is 1.68. The number of benzene rings is 1. The van der Waals surface area contributed by atoms with E-state index in [1.807, 2.05) is 6.07 Å². The Morgan fingerprint density at radius 3 is 2.56 bits per heavy atom. The van der Waals surface area contributed by atoms with E-state index in [0.717, 1.165) is 0 Å². The maximum Gasteiger partial charge on any atom is 0.322 e. The van der Waals surface area contributed by atoms with Gasteiger partial charge in [-0.25, -0.2) is 4.79 Å². The van der Waals surface area contributed by atoms with Crippen molar-refractivity contribution in [2.75, 3.05) is 6.54 Å². The number of imide groups is 1. The van der Waals surface area contributed by atoms with Crippen LogP contribution >= 0.6 is 0 Å². The molecule has 2 rings (SSSR count). The minimum absolute atomic E-state index is 0.194. The van der Waals surface area contributed by atoms with Crippen LogP contribution in [0.2, 0.25) is 0 Å². The molecule has 18 heavy (non-hydrogen) atoms. The van der Waals surface area contributed by atoms with Crippen molar-refractivity contribution in [2.24, 2.45) is 0 Å². The lowest BCUT2D eigenvalue weighted by Crippen LogP contribution is -2.34. The summed E-state index contributed by atoms with van der Waals surface area (Å²) in [5, 5.41) is 7.29. The molecular formula is C12H13N3O3. The van der Waals surface area contributed by atoms with Gasteiger partial charge in [-0.15, -0.1) is 0 Å². The van der Waals surface area contributed by atoms with E-state index in [-0.39, 0.29) is 11.8 Å². The second-order valence-corrected chi connectivity index (χ2v) is 3.93. The molecule has 1 aliphatic heterocycles. The van der Waals surface area contributed by atoms with E-state index in [2.05, 4.69) is 16.0 Å². The molecule has 1 aromatic rings. The van der Waals surface area contributed by atoms with Crippen LogP contribution in [0.4, 0.5) is 4.79 Å². The average Bonchev–Trinajstić information content (AvgIpc) is 2.69. The Morgan fingerprint density at radius 2 is 1.94 bits per heavy atom. The predicted octanol–water partition coefficient (Wildman–Crippen LogP) is 0.0145. The SMILES string of the molecule is O=C1NC(=O)C(CCNC(=O)c2ccccc2)N1. The molecule has 1 unspecified atom stereocenters. The summed E-state index contributed by atoms with van der Waals surface area (Å²) in [5.74, 6) is -0.547. The highest BCUT2D eigenvalue weighted by atomic mass is 16.2. The maximum absolute atomic E-state index is 11.7. The van der Waals surface area contributed by atoms with E-state index in [4.69, 9.17) is 0 Å². The van der Waals surface area contributed by atoms with Crippen LogP contribution in [0, 0.1) is 0 Å². The summed E-state index contributed by atoms with van der Waals surface area (Å²) in [4.78, 5) is 33.7.